The highest BCUT2D eigenvalue weighted by Gasteiger charge is 2.09. The third-order valence-electron chi connectivity index (χ3n) is 3.84. The van der Waals surface area contributed by atoms with Crippen LogP contribution in [0.3, 0.4) is 0 Å². The lowest BCUT2D eigenvalue weighted by Crippen LogP contribution is -2.22. The Labute approximate surface area is 152 Å². The van der Waals surface area contributed by atoms with E-state index in [0.29, 0.717) is 30.2 Å². The van der Waals surface area contributed by atoms with E-state index in [-0.39, 0.29) is 5.91 Å². The maximum Gasteiger partial charge on any atom is 0.253 e. The van der Waals surface area contributed by atoms with Crippen LogP contribution in [0.15, 0.2) is 73.1 Å². The van der Waals surface area contributed by atoms with Crippen molar-refractivity contribution in [3.63, 3.8) is 0 Å². The standard InChI is InChI=1S/C21H20N2O3/c1-25-20-12-17(13-23-21(24)18-8-5-11-22-14-18)9-10-19(20)26-15-16-6-3-2-4-7-16/h2-12,14H,13,15H2,1H3,(H,23,24). The third kappa shape index (κ3) is 4.60. The number of pyridine rings is 1. The molecule has 0 saturated carbocycles. The number of nitrogens with zero attached hydrogens (tertiary/aromatic N) is 1. The van der Waals surface area contributed by atoms with Gasteiger partial charge < -0.3 is 14.8 Å². The molecule has 0 bridgehead atoms. The highest BCUT2D eigenvalue weighted by Crippen LogP contribution is 2.28. The van der Waals surface area contributed by atoms with E-state index in [1.165, 1.54) is 6.20 Å². The van der Waals surface area contributed by atoms with Gasteiger partial charge in [-0.2, -0.15) is 0 Å². The Kier molecular flexibility index (Phi) is 5.83. The average Bonchev–Trinajstić information content (AvgIpc) is 2.72. The molecule has 0 radical (unpaired) electrons. The lowest BCUT2D eigenvalue weighted by atomic mass is 10.2. The first kappa shape index (κ1) is 17.5. The predicted octanol–water partition coefficient (Wildman–Crippen LogP) is 3.60. The van der Waals surface area contributed by atoms with E-state index >= 15 is 0 Å². The first-order valence-electron chi connectivity index (χ1n) is 8.28. The number of carbonyl (C=O) groups excluding carboxylic acids is 1. The highest BCUT2D eigenvalue weighted by atomic mass is 16.5. The molecule has 1 N–H and O–H groups in total. The Morgan fingerprint density at radius 1 is 1.00 bits per heavy atom. The minimum Gasteiger partial charge on any atom is -0.493 e. The Morgan fingerprint density at radius 3 is 2.58 bits per heavy atom. The highest BCUT2D eigenvalue weighted by molar-refractivity contribution is 5.93. The van der Waals surface area contributed by atoms with Crippen LogP contribution in [0, 0.1) is 0 Å². The zero-order valence-electron chi connectivity index (χ0n) is 14.5. The average molecular weight is 348 g/mol. The molecule has 3 aromatic rings. The number of nitrogens with one attached hydrogen (secondary N) is 1. The number of benzene rings is 2. The van der Waals surface area contributed by atoms with E-state index in [0.717, 1.165) is 11.1 Å². The molecular formula is C21H20N2O3. The molecule has 1 aromatic heterocycles. The zero-order chi connectivity index (χ0) is 18.2. The molecule has 0 aliphatic heterocycles. The third-order valence-corrected chi connectivity index (χ3v) is 3.84. The van der Waals surface area contributed by atoms with Crippen molar-refractivity contribution >= 4 is 5.91 Å². The fourth-order valence-corrected chi connectivity index (χ4v) is 2.46. The lowest BCUT2D eigenvalue weighted by Gasteiger charge is -2.13. The van der Waals surface area contributed by atoms with Crippen LogP contribution in [0.1, 0.15) is 21.5 Å². The van der Waals surface area contributed by atoms with Gasteiger partial charge in [0.25, 0.3) is 5.91 Å². The van der Waals surface area contributed by atoms with Gasteiger partial charge >= 0.3 is 0 Å². The first-order chi connectivity index (χ1) is 12.8. The summed E-state index contributed by atoms with van der Waals surface area (Å²) in [5.74, 6) is 1.13. The molecule has 1 amide bonds. The van der Waals surface area contributed by atoms with Gasteiger partial charge in [-0.25, -0.2) is 0 Å². The van der Waals surface area contributed by atoms with Gasteiger partial charge in [-0.1, -0.05) is 36.4 Å². The molecule has 0 aliphatic carbocycles. The van der Waals surface area contributed by atoms with Gasteiger partial charge in [-0.15, -0.1) is 0 Å². The molecule has 5 nitrogen and oxygen atoms in total. The van der Waals surface area contributed by atoms with Crippen LogP contribution in [0.5, 0.6) is 11.5 Å². The van der Waals surface area contributed by atoms with Gasteiger partial charge in [0.15, 0.2) is 11.5 Å². The van der Waals surface area contributed by atoms with E-state index in [4.69, 9.17) is 9.47 Å². The van der Waals surface area contributed by atoms with Crippen LogP contribution >= 0.6 is 0 Å². The summed E-state index contributed by atoms with van der Waals surface area (Å²) in [6.07, 6.45) is 3.17. The second-order valence-electron chi connectivity index (χ2n) is 5.68. The predicted molar refractivity (Wildman–Crippen MR) is 99.2 cm³/mol. The summed E-state index contributed by atoms with van der Waals surface area (Å²) in [5.41, 5.74) is 2.54. The van der Waals surface area contributed by atoms with Crippen molar-refractivity contribution in [2.75, 3.05) is 7.11 Å². The fourth-order valence-electron chi connectivity index (χ4n) is 2.46. The van der Waals surface area contributed by atoms with Gasteiger partial charge in [-0.05, 0) is 35.4 Å². The van der Waals surface area contributed by atoms with Crippen LogP contribution in [0.4, 0.5) is 0 Å². The van der Waals surface area contributed by atoms with Gasteiger partial charge in [0.1, 0.15) is 6.61 Å². The molecule has 0 aliphatic rings. The number of carbonyl (C=O) groups is 1. The van der Waals surface area contributed by atoms with Crippen molar-refractivity contribution in [2.24, 2.45) is 0 Å². The SMILES string of the molecule is COc1cc(CNC(=O)c2cccnc2)ccc1OCc1ccccc1. The van der Waals surface area contributed by atoms with E-state index in [1.807, 2.05) is 48.5 Å². The Balaban J connectivity index is 1.62. The number of hydrogen-bond donors (Lipinski definition) is 1. The van der Waals surface area contributed by atoms with E-state index < -0.39 is 0 Å². The number of amides is 1. The largest absolute Gasteiger partial charge is 0.493 e. The molecule has 132 valence electrons. The summed E-state index contributed by atoms with van der Waals surface area (Å²) in [6, 6.07) is 19.0. The number of hydrogen-bond acceptors (Lipinski definition) is 4. The molecular weight excluding hydrogens is 328 g/mol. The molecule has 0 unspecified atom stereocenters. The van der Waals surface area contributed by atoms with Crippen molar-refractivity contribution in [2.45, 2.75) is 13.2 Å². The maximum absolute atomic E-state index is 12.1. The number of ether oxygens (including phenoxy) is 2. The summed E-state index contributed by atoms with van der Waals surface area (Å²) < 4.78 is 11.3. The van der Waals surface area contributed by atoms with Crippen LogP contribution < -0.4 is 14.8 Å². The van der Waals surface area contributed by atoms with E-state index in [1.54, 1.807) is 25.4 Å². The van der Waals surface area contributed by atoms with Crippen LogP contribution in [0.2, 0.25) is 0 Å². The van der Waals surface area contributed by atoms with Gasteiger partial charge in [0.2, 0.25) is 0 Å². The maximum atomic E-state index is 12.1. The minimum atomic E-state index is -0.165. The normalized spacial score (nSPS) is 10.2. The number of rotatable bonds is 7. The molecule has 3 rings (SSSR count). The van der Waals surface area contributed by atoms with E-state index in [9.17, 15) is 4.79 Å². The van der Waals surface area contributed by atoms with Gasteiger partial charge in [-0.3, -0.25) is 9.78 Å². The molecule has 26 heavy (non-hydrogen) atoms. The zero-order valence-corrected chi connectivity index (χ0v) is 14.5. The van der Waals surface area contributed by atoms with Crippen molar-refractivity contribution in [3.05, 3.63) is 89.7 Å². The van der Waals surface area contributed by atoms with E-state index in [2.05, 4.69) is 10.3 Å². The molecule has 0 saturated heterocycles. The fraction of sp³-hybridized carbons (Fsp3) is 0.143. The summed E-state index contributed by atoms with van der Waals surface area (Å²) >= 11 is 0. The minimum absolute atomic E-state index is 0.165. The first-order valence-corrected chi connectivity index (χ1v) is 8.28. The van der Waals surface area contributed by atoms with Gasteiger partial charge in [0.05, 0.1) is 12.7 Å². The number of aromatic nitrogens is 1. The Hall–Kier alpha value is -3.34. The summed E-state index contributed by atoms with van der Waals surface area (Å²) in [5, 5.41) is 2.87. The Bertz CT molecular complexity index is 852. The Morgan fingerprint density at radius 2 is 1.85 bits per heavy atom. The smallest absolute Gasteiger partial charge is 0.253 e. The second-order valence-corrected chi connectivity index (χ2v) is 5.68. The molecule has 0 fully saturated rings. The van der Waals surface area contributed by atoms with Crippen LogP contribution in [0.25, 0.3) is 0 Å². The molecule has 1 heterocycles. The van der Waals surface area contributed by atoms with Crippen molar-refractivity contribution in [1.29, 1.82) is 0 Å². The van der Waals surface area contributed by atoms with Crippen LogP contribution in [-0.4, -0.2) is 18.0 Å². The van der Waals surface area contributed by atoms with Gasteiger partial charge in [0, 0.05) is 18.9 Å². The molecule has 5 heteroatoms. The number of methoxy groups -OCH3 is 1. The molecule has 0 spiro atoms. The lowest BCUT2D eigenvalue weighted by molar-refractivity contribution is 0.0950. The quantitative estimate of drug-likeness (QED) is 0.709. The molecule has 0 atom stereocenters. The van der Waals surface area contributed by atoms with Crippen molar-refractivity contribution < 1.29 is 14.3 Å². The second kappa shape index (κ2) is 8.67. The molecule has 2 aromatic carbocycles. The summed E-state index contributed by atoms with van der Waals surface area (Å²) in [6.45, 7) is 0.858. The topological polar surface area (TPSA) is 60.5 Å². The monoisotopic (exact) mass is 348 g/mol. The van der Waals surface area contributed by atoms with Crippen molar-refractivity contribution in [1.82, 2.24) is 10.3 Å². The van der Waals surface area contributed by atoms with Crippen LogP contribution in [-0.2, 0) is 13.2 Å². The van der Waals surface area contributed by atoms with Crippen molar-refractivity contribution in [3.8, 4) is 11.5 Å². The summed E-state index contributed by atoms with van der Waals surface area (Å²) in [4.78, 5) is 16.0. The summed E-state index contributed by atoms with van der Waals surface area (Å²) in [7, 11) is 1.60.